The lowest BCUT2D eigenvalue weighted by atomic mass is 10.1. The van der Waals surface area contributed by atoms with Crippen LogP contribution < -0.4 is 16.0 Å². The van der Waals surface area contributed by atoms with E-state index in [9.17, 15) is 9.59 Å². The van der Waals surface area contributed by atoms with Crippen LogP contribution >= 0.6 is 0 Å². The molecule has 10 nitrogen and oxygen atoms in total. The van der Waals surface area contributed by atoms with Crippen LogP contribution in [0.25, 0.3) is 5.57 Å². The molecular weight excluding hydrogens is 436 g/mol. The predicted molar refractivity (Wildman–Crippen MR) is 126 cm³/mol. The van der Waals surface area contributed by atoms with E-state index in [1.54, 1.807) is 18.5 Å². The lowest BCUT2D eigenvalue weighted by molar-refractivity contribution is -0.111. The molecule has 2 fully saturated rings. The molecule has 0 unspecified atom stereocenters. The summed E-state index contributed by atoms with van der Waals surface area (Å²) < 4.78 is 11.0. The zero-order valence-corrected chi connectivity index (χ0v) is 18.9. The first-order valence-corrected chi connectivity index (χ1v) is 11.5. The summed E-state index contributed by atoms with van der Waals surface area (Å²) in [4.78, 5) is 38.9. The van der Waals surface area contributed by atoms with Crippen LogP contribution in [0, 0.1) is 0 Å². The van der Waals surface area contributed by atoms with Gasteiger partial charge in [-0.25, -0.2) is 9.97 Å². The number of nitrogens with zero attached hydrogens (tertiary/aromatic N) is 4. The summed E-state index contributed by atoms with van der Waals surface area (Å²) in [7, 11) is 0. The lowest BCUT2D eigenvalue weighted by Gasteiger charge is -2.31. The quantitative estimate of drug-likeness (QED) is 0.637. The molecule has 0 radical (unpaired) electrons. The molecule has 178 valence electrons. The third-order valence-corrected chi connectivity index (χ3v) is 6.50. The number of nitrogens with one attached hydrogen (secondary N) is 1. The van der Waals surface area contributed by atoms with Crippen molar-refractivity contribution in [3.8, 4) is 0 Å². The third kappa shape index (κ3) is 4.34. The molecule has 2 saturated heterocycles. The molecule has 4 heterocycles. The van der Waals surface area contributed by atoms with Gasteiger partial charge in [-0.15, -0.1) is 0 Å². The van der Waals surface area contributed by atoms with Gasteiger partial charge in [0.25, 0.3) is 11.8 Å². The number of nitrogens with two attached hydrogens (primary N) is 1. The second-order valence-electron chi connectivity index (χ2n) is 8.51. The molecule has 0 spiro atoms. The first kappa shape index (κ1) is 22.3. The molecular formula is C24H28N6O4. The van der Waals surface area contributed by atoms with Crippen molar-refractivity contribution in [3.63, 3.8) is 0 Å². The SMILES string of the molecule is NC=C(C(=O)Nc1cc2c(cc1N1CCOCC1)C(=O)N(C1CCOCC1)C2)c1ncccn1. The van der Waals surface area contributed by atoms with Crippen LogP contribution in [0.15, 0.2) is 36.8 Å². The van der Waals surface area contributed by atoms with Gasteiger partial charge < -0.3 is 30.3 Å². The van der Waals surface area contributed by atoms with Crippen molar-refractivity contribution >= 4 is 28.8 Å². The van der Waals surface area contributed by atoms with Crippen LogP contribution in [-0.4, -0.2) is 72.2 Å². The third-order valence-electron chi connectivity index (χ3n) is 6.50. The maximum Gasteiger partial charge on any atom is 0.261 e. The van der Waals surface area contributed by atoms with Crippen molar-refractivity contribution in [3.05, 3.63) is 53.7 Å². The van der Waals surface area contributed by atoms with Crippen LogP contribution in [0.4, 0.5) is 11.4 Å². The fraction of sp³-hybridized carbons (Fsp3) is 0.417. The molecule has 3 aliphatic rings. The van der Waals surface area contributed by atoms with Crippen molar-refractivity contribution in [1.29, 1.82) is 0 Å². The fourth-order valence-corrected chi connectivity index (χ4v) is 4.71. The molecule has 5 rings (SSSR count). The minimum absolute atomic E-state index is 0.0366. The number of aromatic nitrogens is 2. The minimum Gasteiger partial charge on any atom is -0.404 e. The number of morpholine rings is 1. The highest BCUT2D eigenvalue weighted by molar-refractivity contribution is 6.25. The molecule has 10 heteroatoms. The maximum atomic E-state index is 13.3. The Labute approximate surface area is 197 Å². The number of carbonyl (C=O) groups is 2. The van der Waals surface area contributed by atoms with Gasteiger partial charge in [0.1, 0.15) is 0 Å². The highest BCUT2D eigenvalue weighted by Crippen LogP contribution is 2.37. The van der Waals surface area contributed by atoms with E-state index in [2.05, 4.69) is 20.2 Å². The summed E-state index contributed by atoms with van der Waals surface area (Å²) in [6, 6.07) is 5.66. The Morgan fingerprint density at radius 1 is 1.09 bits per heavy atom. The van der Waals surface area contributed by atoms with Gasteiger partial charge in [-0.05, 0) is 36.6 Å². The molecule has 2 aromatic rings. The van der Waals surface area contributed by atoms with E-state index in [1.807, 2.05) is 17.0 Å². The van der Waals surface area contributed by atoms with Crippen LogP contribution in [0.3, 0.4) is 0 Å². The maximum absolute atomic E-state index is 13.3. The fourth-order valence-electron chi connectivity index (χ4n) is 4.71. The first-order valence-electron chi connectivity index (χ1n) is 11.5. The average Bonchev–Trinajstić information content (AvgIpc) is 3.21. The number of hydrogen-bond acceptors (Lipinski definition) is 8. The number of ether oxygens (including phenoxy) is 2. The standard InChI is InChI=1S/C24H28N6O4/c25-14-19(22-26-4-1-5-27-22)23(31)28-20-12-16-15-30(17-2-8-33-9-3-17)24(32)18(16)13-21(20)29-6-10-34-11-7-29/h1,4-5,12-14,17H,2-3,6-11,15,25H2,(H,28,31). The van der Waals surface area contributed by atoms with Crippen LogP contribution in [0.2, 0.25) is 0 Å². The summed E-state index contributed by atoms with van der Waals surface area (Å²) in [6.45, 7) is 4.35. The first-order chi connectivity index (χ1) is 16.7. The zero-order chi connectivity index (χ0) is 23.5. The number of carbonyl (C=O) groups excluding carboxylic acids is 2. The highest BCUT2D eigenvalue weighted by atomic mass is 16.5. The molecule has 0 saturated carbocycles. The van der Waals surface area contributed by atoms with Gasteiger partial charge in [0.05, 0.1) is 30.2 Å². The van der Waals surface area contributed by atoms with Gasteiger partial charge in [0, 0.05) is 63.0 Å². The normalized spacial score (nSPS) is 19.3. The predicted octanol–water partition coefficient (Wildman–Crippen LogP) is 1.39. The molecule has 2 amide bonds. The Morgan fingerprint density at radius 3 is 2.50 bits per heavy atom. The number of rotatable bonds is 5. The molecule has 3 aliphatic heterocycles. The van der Waals surface area contributed by atoms with Crippen LogP contribution in [0.5, 0.6) is 0 Å². The summed E-state index contributed by atoms with van der Waals surface area (Å²) in [5, 5.41) is 3.00. The largest absolute Gasteiger partial charge is 0.404 e. The number of hydrogen-bond donors (Lipinski definition) is 2. The van der Waals surface area contributed by atoms with Crippen LogP contribution in [0.1, 0.15) is 34.6 Å². The van der Waals surface area contributed by atoms with Gasteiger partial charge in [0.2, 0.25) is 0 Å². The van der Waals surface area contributed by atoms with E-state index < -0.39 is 5.91 Å². The molecule has 3 N–H and O–H groups in total. The van der Waals surface area contributed by atoms with Gasteiger partial charge in [-0.3, -0.25) is 9.59 Å². The lowest BCUT2D eigenvalue weighted by Crippen LogP contribution is -2.39. The highest BCUT2D eigenvalue weighted by Gasteiger charge is 2.35. The van der Waals surface area contributed by atoms with Gasteiger partial charge in [-0.1, -0.05) is 0 Å². The number of fused-ring (bicyclic) bond motifs is 1. The Kier molecular flexibility index (Phi) is 6.41. The number of benzene rings is 1. The van der Waals surface area contributed by atoms with E-state index in [1.165, 1.54) is 6.20 Å². The van der Waals surface area contributed by atoms with E-state index in [-0.39, 0.29) is 23.3 Å². The molecule has 0 bridgehead atoms. The van der Waals surface area contributed by atoms with Crippen molar-refractivity contribution in [2.45, 2.75) is 25.4 Å². The minimum atomic E-state index is -0.409. The second-order valence-corrected chi connectivity index (χ2v) is 8.51. The molecule has 34 heavy (non-hydrogen) atoms. The Bertz CT molecular complexity index is 1090. The van der Waals surface area contributed by atoms with Crippen molar-refractivity contribution in [2.24, 2.45) is 5.73 Å². The average molecular weight is 465 g/mol. The van der Waals surface area contributed by atoms with E-state index in [4.69, 9.17) is 15.2 Å². The molecule has 0 atom stereocenters. The monoisotopic (exact) mass is 464 g/mol. The van der Waals surface area contributed by atoms with E-state index >= 15 is 0 Å². The smallest absolute Gasteiger partial charge is 0.261 e. The Morgan fingerprint density at radius 2 is 1.79 bits per heavy atom. The van der Waals surface area contributed by atoms with Crippen molar-refractivity contribution in [1.82, 2.24) is 14.9 Å². The molecule has 1 aromatic heterocycles. The summed E-state index contributed by atoms with van der Waals surface area (Å²) in [6.07, 6.45) is 6.00. The summed E-state index contributed by atoms with van der Waals surface area (Å²) in [5.41, 5.74) is 8.94. The van der Waals surface area contributed by atoms with Gasteiger partial charge in [0.15, 0.2) is 5.82 Å². The zero-order valence-electron chi connectivity index (χ0n) is 18.9. The Balaban J connectivity index is 1.47. The van der Waals surface area contributed by atoms with Gasteiger partial charge in [-0.2, -0.15) is 0 Å². The summed E-state index contributed by atoms with van der Waals surface area (Å²) in [5.74, 6) is -0.124. The Hall–Kier alpha value is -3.50. The van der Waals surface area contributed by atoms with Crippen LogP contribution in [-0.2, 0) is 20.8 Å². The topological polar surface area (TPSA) is 123 Å². The summed E-state index contributed by atoms with van der Waals surface area (Å²) >= 11 is 0. The molecule has 0 aliphatic carbocycles. The van der Waals surface area contributed by atoms with Crippen molar-refractivity contribution < 1.29 is 19.1 Å². The second kappa shape index (κ2) is 9.78. The van der Waals surface area contributed by atoms with Crippen molar-refractivity contribution in [2.75, 3.05) is 49.7 Å². The molecule has 1 aromatic carbocycles. The van der Waals surface area contributed by atoms with Gasteiger partial charge >= 0.3 is 0 Å². The number of anilines is 2. The number of amides is 2. The van der Waals surface area contributed by atoms with E-state index in [0.29, 0.717) is 57.3 Å². The van der Waals surface area contributed by atoms with E-state index in [0.717, 1.165) is 24.1 Å².